The maximum Gasteiger partial charge on any atom is 0.258 e. The molecule has 8 heteroatoms. The molecule has 0 saturated heterocycles. The van der Waals surface area contributed by atoms with Gasteiger partial charge >= 0.3 is 0 Å². The van der Waals surface area contributed by atoms with Gasteiger partial charge < -0.3 is 20.7 Å². The molecule has 0 aliphatic carbocycles. The lowest BCUT2D eigenvalue weighted by atomic mass is 9.98. The van der Waals surface area contributed by atoms with E-state index in [1.807, 2.05) is 18.2 Å². The molecular weight excluding hydrogens is 394 g/mol. The lowest BCUT2D eigenvalue weighted by Crippen LogP contribution is -2.22. The van der Waals surface area contributed by atoms with Crippen molar-refractivity contribution in [3.63, 3.8) is 0 Å². The quantitative estimate of drug-likeness (QED) is 0.397. The highest BCUT2D eigenvalue weighted by Crippen LogP contribution is 2.30. The molecule has 1 amide bonds. The van der Waals surface area contributed by atoms with Gasteiger partial charge in [0.1, 0.15) is 0 Å². The molecule has 0 bridgehead atoms. The van der Waals surface area contributed by atoms with Gasteiger partial charge in [-0.05, 0) is 47.7 Å². The summed E-state index contributed by atoms with van der Waals surface area (Å²) in [5, 5.41) is 20.8. The van der Waals surface area contributed by atoms with Crippen LogP contribution in [0.25, 0.3) is 21.9 Å². The van der Waals surface area contributed by atoms with Crippen LogP contribution < -0.4 is 16.6 Å². The van der Waals surface area contributed by atoms with Gasteiger partial charge in [0, 0.05) is 41.5 Å². The number of carbonyl (C=O) groups is 1. The minimum absolute atomic E-state index is 0.184. The number of carbonyl (C=O) groups excluding carboxylic acids is 1. The molecule has 2 aromatic carbocycles. The fourth-order valence-corrected chi connectivity index (χ4v) is 3.72. The summed E-state index contributed by atoms with van der Waals surface area (Å²) in [5.41, 5.74) is 9.21. The average Bonchev–Trinajstić information content (AvgIpc) is 3.20. The third-order valence-corrected chi connectivity index (χ3v) is 5.32. The summed E-state index contributed by atoms with van der Waals surface area (Å²) in [7, 11) is 1.57. The molecule has 0 radical (unpaired) electrons. The van der Waals surface area contributed by atoms with Crippen LogP contribution in [0.15, 0.2) is 59.7 Å². The fourth-order valence-electron chi connectivity index (χ4n) is 3.72. The van der Waals surface area contributed by atoms with Crippen LogP contribution in [0.1, 0.15) is 34.5 Å². The number of nitrogens with two attached hydrogens (primary N) is 1. The third-order valence-electron chi connectivity index (χ3n) is 5.32. The largest absolute Gasteiger partial charge is 0.389 e. The first kappa shape index (κ1) is 20.4. The topological polar surface area (TPSA) is 126 Å². The van der Waals surface area contributed by atoms with Gasteiger partial charge in [-0.15, -0.1) is 0 Å². The second-order valence-corrected chi connectivity index (χ2v) is 7.42. The lowest BCUT2D eigenvalue weighted by Gasteiger charge is -2.15. The second-order valence-electron chi connectivity index (χ2n) is 7.42. The van der Waals surface area contributed by atoms with E-state index in [4.69, 9.17) is 5.73 Å². The lowest BCUT2D eigenvalue weighted by molar-refractivity contribution is 0.0963. The number of nitrogens with one attached hydrogen (secondary N) is 2. The number of aliphatic hydroxyl groups excluding tert-OH is 1. The number of anilines is 1. The van der Waals surface area contributed by atoms with E-state index in [9.17, 15) is 14.7 Å². The molecule has 1 atom stereocenters. The van der Waals surface area contributed by atoms with E-state index in [0.717, 1.165) is 16.7 Å². The van der Waals surface area contributed by atoms with E-state index >= 15 is 0 Å². The molecule has 0 aliphatic rings. The monoisotopic (exact) mass is 417 g/mol. The highest BCUT2D eigenvalue weighted by atomic mass is 16.3. The van der Waals surface area contributed by atoms with Gasteiger partial charge in [0.25, 0.3) is 11.5 Å². The zero-order valence-corrected chi connectivity index (χ0v) is 17.2. The number of rotatable bonds is 5. The number of aromatic amines is 1. The molecule has 2 heterocycles. The Kier molecular flexibility index (Phi) is 5.31. The number of hydrogen-bond acceptors (Lipinski definition) is 5. The normalized spacial score (nSPS) is 12.1. The average molecular weight is 417 g/mol. The summed E-state index contributed by atoms with van der Waals surface area (Å²) in [5.74, 6) is 0.172. The Morgan fingerprint density at radius 1 is 1.26 bits per heavy atom. The van der Waals surface area contributed by atoms with Gasteiger partial charge in [-0.2, -0.15) is 5.10 Å². The Hall–Kier alpha value is -3.91. The van der Waals surface area contributed by atoms with Crippen LogP contribution in [0.5, 0.6) is 0 Å². The number of fused-ring (bicyclic) bond motifs is 1. The third kappa shape index (κ3) is 3.80. The highest BCUT2D eigenvalue weighted by Gasteiger charge is 2.15. The van der Waals surface area contributed by atoms with Crippen LogP contribution in [-0.2, 0) is 6.54 Å². The summed E-state index contributed by atoms with van der Waals surface area (Å²) < 4.78 is 1.55. The predicted octanol–water partition coefficient (Wildman–Crippen LogP) is 2.44. The molecule has 1 unspecified atom stereocenters. The summed E-state index contributed by atoms with van der Waals surface area (Å²) in [6.45, 7) is 1.93. The Bertz CT molecular complexity index is 1340. The van der Waals surface area contributed by atoms with E-state index in [1.54, 1.807) is 55.2 Å². The van der Waals surface area contributed by atoms with Crippen molar-refractivity contribution in [1.82, 2.24) is 20.1 Å². The van der Waals surface area contributed by atoms with Crippen LogP contribution in [-0.4, -0.2) is 32.8 Å². The number of aliphatic hydroxyl groups is 1. The van der Waals surface area contributed by atoms with E-state index < -0.39 is 6.10 Å². The van der Waals surface area contributed by atoms with Gasteiger partial charge in [0.05, 0.1) is 12.6 Å². The first-order chi connectivity index (χ1) is 14.9. The first-order valence-electron chi connectivity index (χ1n) is 9.85. The Balaban J connectivity index is 1.83. The van der Waals surface area contributed by atoms with Gasteiger partial charge in [-0.3, -0.25) is 14.7 Å². The van der Waals surface area contributed by atoms with Crippen molar-refractivity contribution in [2.24, 2.45) is 0 Å². The summed E-state index contributed by atoms with van der Waals surface area (Å²) >= 11 is 0. The standard InChI is InChI=1S/C23H23N5O3/c1-13(29)20-12-28(11-14-4-3-5-16(8-14)22(30)25-2)23(31)17-7-6-15(9-18(17)20)19-10-26-27-21(19)24/h3-10,12-13,29H,11H2,1-2H3,(H,25,30)(H3,24,26,27). The molecule has 4 aromatic rings. The SMILES string of the molecule is CNC(=O)c1cccc(Cn2cc(C(C)O)c3cc(-c4c[nH]nc4N)ccc3c2=O)c1. The molecular formula is C23H23N5O3. The zero-order valence-electron chi connectivity index (χ0n) is 17.2. The molecule has 0 aliphatic heterocycles. The number of nitrogens with zero attached hydrogens (tertiary/aromatic N) is 2. The number of hydrogen-bond donors (Lipinski definition) is 4. The molecule has 8 nitrogen and oxygen atoms in total. The van der Waals surface area contributed by atoms with Gasteiger partial charge in [0.2, 0.25) is 0 Å². The molecule has 0 spiro atoms. The number of nitrogen functional groups attached to an aromatic ring is 1. The summed E-state index contributed by atoms with van der Waals surface area (Å²) in [6.07, 6.45) is 2.58. The number of aromatic nitrogens is 3. The van der Waals surface area contributed by atoms with Crippen LogP contribution in [0.3, 0.4) is 0 Å². The van der Waals surface area contributed by atoms with Crippen LogP contribution >= 0.6 is 0 Å². The van der Waals surface area contributed by atoms with Gasteiger partial charge in [-0.1, -0.05) is 18.2 Å². The summed E-state index contributed by atoms with van der Waals surface area (Å²) in [6, 6.07) is 12.5. The van der Waals surface area contributed by atoms with Gasteiger partial charge in [-0.25, -0.2) is 0 Å². The predicted molar refractivity (Wildman–Crippen MR) is 120 cm³/mol. The highest BCUT2D eigenvalue weighted by molar-refractivity contribution is 5.94. The van der Waals surface area contributed by atoms with Crippen molar-refractivity contribution < 1.29 is 9.90 Å². The van der Waals surface area contributed by atoms with Crippen molar-refractivity contribution in [3.8, 4) is 11.1 Å². The maximum atomic E-state index is 13.2. The molecule has 2 aromatic heterocycles. The minimum Gasteiger partial charge on any atom is -0.389 e. The Morgan fingerprint density at radius 3 is 2.74 bits per heavy atom. The van der Waals surface area contributed by atoms with Crippen molar-refractivity contribution in [3.05, 3.63) is 81.9 Å². The van der Waals surface area contributed by atoms with E-state index in [0.29, 0.717) is 27.7 Å². The zero-order chi connectivity index (χ0) is 22.1. The van der Waals surface area contributed by atoms with Crippen molar-refractivity contribution >= 4 is 22.5 Å². The fraction of sp³-hybridized carbons (Fsp3) is 0.174. The second kappa shape index (κ2) is 8.08. The maximum absolute atomic E-state index is 13.2. The van der Waals surface area contributed by atoms with Crippen molar-refractivity contribution in [2.45, 2.75) is 19.6 Å². The van der Waals surface area contributed by atoms with E-state index in [2.05, 4.69) is 15.5 Å². The Morgan fingerprint density at radius 2 is 2.06 bits per heavy atom. The first-order valence-corrected chi connectivity index (χ1v) is 9.85. The molecule has 0 fully saturated rings. The molecule has 4 rings (SSSR count). The van der Waals surface area contributed by atoms with Crippen LogP contribution in [0.4, 0.5) is 5.82 Å². The molecule has 5 N–H and O–H groups in total. The minimum atomic E-state index is -0.788. The van der Waals surface area contributed by atoms with Crippen molar-refractivity contribution in [2.75, 3.05) is 12.8 Å². The van der Waals surface area contributed by atoms with E-state index in [-0.39, 0.29) is 18.0 Å². The number of benzene rings is 2. The van der Waals surface area contributed by atoms with Gasteiger partial charge in [0.15, 0.2) is 5.82 Å². The Labute approximate surface area is 178 Å². The van der Waals surface area contributed by atoms with Crippen LogP contribution in [0.2, 0.25) is 0 Å². The van der Waals surface area contributed by atoms with E-state index in [1.165, 1.54) is 0 Å². The molecule has 158 valence electrons. The van der Waals surface area contributed by atoms with Crippen LogP contribution in [0, 0.1) is 0 Å². The smallest absolute Gasteiger partial charge is 0.258 e. The van der Waals surface area contributed by atoms with Crippen molar-refractivity contribution in [1.29, 1.82) is 0 Å². The summed E-state index contributed by atoms with van der Waals surface area (Å²) in [4.78, 5) is 25.1. The molecule has 0 saturated carbocycles. The number of H-pyrrole nitrogens is 1. The number of pyridine rings is 1. The molecule has 31 heavy (non-hydrogen) atoms. The number of amides is 1.